The van der Waals surface area contributed by atoms with Gasteiger partial charge in [-0.1, -0.05) is 0 Å². The predicted molar refractivity (Wildman–Crippen MR) is 108 cm³/mol. The molecule has 0 aromatic rings. The Morgan fingerprint density at radius 1 is 0.400 bits per heavy atom. The summed E-state index contributed by atoms with van der Waals surface area (Å²) < 4.78 is 0. The van der Waals surface area contributed by atoms with Gasteiger partial charge in [0, 0.05) is 0 Å². The maximum absolute atomic E-state index is 10.0. The van der Waals surface area contributed by atoms with Crippen LogP contribution in [0.3, 0.4) is 0 Å². The van der Waals surface area contributed by atoms with E-state index in [9.17, 15) is 19.2 Å². The van der Waals surface area contributed by atoms with Gasteiger partial charge in [0.05, 0.1) is 21.7 Å². The molecule has 180 valence electrons. The summed E-state index contributed by atoms with van der Waals surface area (Å²) in [6.07, 6.45) is 0. The monoisotopic (exact) mass is 604 g/mol. The summed E-state index contributed by atoms with van der Waals surface area (Å²) in [5.41, 5.74) is -2.33. The van der Waals surface area contributed by atoms with Gasteiger partial charge in [-0.05, 0) is 83.1 Å². The minimum atomic E-state index is -0.757. The first-order chi connectivity index (χ1) is 12.8. The van der Waals surface area contributed by atoms with E-state index < -0.39 is 45.5 Å². The number of hydrogen-bond donors (Lipinski definition) is 4. The summed E-state index contributed by atoms with van der Waals surface area (Å²) >= 11 is 3.92. The zero-order valence-electron chi connectivity index (χ0n) is 20.2. The molecule has 0 unspecified atom stereocenters. The van der Waals surface area contributed by atoms with E-state index in [1.165, 1.54) is 0 Å². The third kappa shape index (κ3) is 34.7. The van der Waals surface area contributed by atoms with Crippen molar-refractivity contribution in [1.29, 1.82) is 0 Å². The first-order valence-corrected chi connectivity index (χ1v) is 14.5. The van der Waals surface area contributed by atoms with Crippen molar-refractivity contribution in [2.24, 2.45) is 21.7 Å². The number of carboxylic acids is 4. The van der Waals surface area contributed by atoms with Crippen LogP contribution in [0.5, 0.6) is 0 Å². The quantitative estimate of drug-likeness (QED) is 0.298. The number of hydrogen-bond acceptors (Lipinski definition) is 4. The van der Waals surface area contributed by atoms with Crippen molar-refractivity contribution in [3.05, 3.63) is 0 Å². The van der Waals surface area contributed by atoms with Crippen molar-refractivity contribution >= 4 is 23.9 Å². The second kappa shape index (κ2) is 16.9. The van der Waals surface area contributed by atoms with Crippen LogP contribution in [0.4, 0.5) is 0 Å². The molecule has 30 heavy (non-hydrogen) atoms. The van der Waals surface area contributed by atoms with Gasteiger partial charge in [0.15, 0.2) is 0 Å². The first-order valence-electron chi connectivity index (χ1n) is 8.88. The topological polar surface area (TPSA) is 149 Å². The summed E-state index contributed by atoms with van der Waals surface area (Å²) in [6.45, 7) is 19.9. The molecule has 0 saturated heterocycles. The van der Waals surface area contributed by atoms with Crippen LogP contribution in [0.2, 0.25) is 0 Å². The van der Waals surface area contributed by atoms with E-state index >= 15 is 0 Å². The van der Waals surface area contributed by atoms with E-state index in [1.807, 2.05) is 31.9 Å². The standard InChI is InChI=1S/4C5H10O2.2Mo/c4*1-5(2,3)4(6)7;;/h4*1-3H3,(H,6,7);;. The molecular weight excluding hydrogens is 560 g/mol. The van der Waals surface area contributed by atoms with Gasteiger partial charge in [0.2, 0.25) is 0 Å². The fourth-order valence-electron chi connectivity index (χ4n) is 0. The van der Waals surface area contributed by atoms with Crippen molar-refractivity contribution in [3.63, 3.8) is 0 Å². The van der Waals surface area contributed by atoms with Gasteiger partial charge in [-0.15, -0.1) is 0 Å². The average Bonchev–Trinajstić information content (AvgIpc) is 2.47. The molecule has 0 aliphatic rings. The van der Waals surface area contributed by atoms with Crippen molar-refractivity contribution in [3.8, 4) is 0 Å². The predicted octanol–water partition coefficient (Wildman–Crippen LogP) is 4.46. The van der Waals surface area contributed by atoms with Crippen molar-refractivity contribution in [2.75, 3.05) is 0 Å². The van der Waals surface area contributed by atoms with Gasteiger partial charge < -0.3 is 20.4 Å². The molecule has 0 aromatic carbocycles. The van der Waals surface area contributed by atoms with Crippen molar-refractivity contribution in [2.45, 2.75) is 83.1 Å². The van der Waals surface area contributed by atoms with Crippen LogP contribution in [-0.4, -0.2) is 44.3 Å². The molecule has 0 saturated carbocycles. The molecule has 0 bridgehead atoms. The number of carbonyl (C=O) groups is 4. The summed E-state index contributed by atoms with van der Waals surface area (Å²) in [7, 11) is 0. The molecule has 0 amide bonds. The molecule has 8 nitrogen and oxygen atoms in total. The van der Waals surface area contributed by atoms with Crippen LogP contribution >= 0.6 is 0 Å². The Balaban J connectivity index is -0.0000000899. The fourth-order valence-corrected chi connectivity index (χ4v) is 0. The van der Waals surface area contributed by atoms with Gasteiger partial charge in [0.25, 0.3) is 0 Å². The molecule has 0 aliphatic carbocycles. The van der Waals surface area contributed by atoms with Gasteiger partial charge in [-0.25, -0.2) is 0 Å². The van der Waals surface area contributed by atoms with E-state index in [0.29, 0.717) is 0 Å². The minimum absolute atomic E-state index is 0.583. The van der Waals surface area contributed by atoms with Crippen LogP contribution in [-0.2, 0) is 51.1 Å². The molecule has 0 rings (SSSR count). The van der Waals surface area contributed by atoms with Crippen molar-refractivity contribution in [1.82, 2.24) is 0 Å². The molecule has 0 spiro atoms. The fraction of sp³-hybridized carbons (Fsp3) is 0.800. The Kier molecular flexibility index (Phi) is 22.3. The Hall–Kier alpha value is -0.743. The van der Waals surface area contributed by atoms with Crippen LogP contribution in [0, 0.1) is 21.7 Å². The molecule has 0 aliphatic heterocycles. The van der Waals surface area contributed by atoms with E-state index in [-0.39, 0.29) is 0 Å². The zero-order valence-corrected chi connectivity index (χ0v) is 24.3. The second-order valence-electron chi connectivity index (χ2n) is 10.2. The molecule has 0 radical (unpaired) electrons. The first kappa shape index (κ1) is 39.7. The number of aliphatic carboxylic acids is 4. The third-order valence-electron chi connectivity index (χ3n) is 2.57. The molecular formula is C20H40Mo2O8. The van der Waals surface area contributed by atoms with Crippen LogP contribution in [0.15, 0.2) is 0 Å². The molecule has 0 fully saturated rings. The SMILES string of the molecule is CC(C)(C)C(=O)O.CC(C)(C)C(=O)O.CC(C)(C)C(=O)O.CC(C)(C)C(=O)O.[Mo]#[Mo]. The molecule has 0 aromatic heterocycles. The summed E-state index contributed by atoms with van der Waals surface area (Å²) in [6, 6.07) is 0. The summed E-state index contributed by atoms with van der Waals surface area (Å²) in [4.78, 5) is 40.1. The van der Waals surface area contributed by atoms with E-state index in [0.717, 1.165) is 0 Å². The van der Waals surface area contributed by atoms with E-state index in [1.54, 1.807) is 83.1 Å². The van der Waals surface area contributed by atoms with Gasteiger partial charge in [-0.2, -0.15) is 0 Å². The van der Waals surface area contributed by atoms with Crippen molar-refractivity contribution < 1.29 is 71.5 Å². The number of rotatable bonds is 0. The van der Waals surface area contributed by atoms with Crippen LogP contribution < -0.4 is 0 Å². The van der Waals surface area contributed by atoms with Crippen LogP contribution in [0.1, 0.15) is 83.1 Å². The zero-order chi connectivity index (χ0) is 26.3. The molecule has 10 heteroatoms. The van der Waals surface area contributed by atoms with Gasteiger partial charge in [0.1, 0.15) is 0 Å². The summed E-state index contributed by atoms with van der Waals surface area (Å²) in [5.74, 6) is -3.03. The van der Waals surface area contributed by atoms with E-state index in [2.05, 4.69) is 0 Å². The normalized spacial score (nSPS) is 10.6. The van der Waals surface area contributed by atoms with Crippen LogP contribution in [0.25, 0.3) is 0 Å². The maximum atomic E-state index is 10.0. The Bertz CT molecular complexity index is 459. The second-order valence-corrected chi connectivity index (χ2v) is 10.2. The molecule has 4 N–H and O–H groups in total. The Labute approximate surface area is 199 Å². The Morgan fingerprint density at radius 2 is 0.433 bits per heavy atom. The summed E-state index contributed by atoms with van der Waals surface area (Å²) in [5, 5.41) is 33.0. The molecule has 0 heterocycles. The van der Waals surface area contributed by atoms with E-state index in [4.69, 9.17) is 20.4 Å². The Morgan fingerprint density at radius 3 is 0.433 bits per heavy atom. The third-order valence-corrected chi connectivity index (χ3v) is 2.57. The van der Waals surface area contributed by atoms with Gasteiger partial charge in [-0.3, -0.25) is 19.2 Å². The molecule has 0 atom stereocenters. The van der Waals surface area contributed by atoms with Gasteiger partial charge >= 0.3 is 55.8 Å². The number of carboxylic acid groups (broad SMARTS) is 4. The average molecular weight is 600 g/mol.